The summed E-state index contributed by atoms with van der Waals surface area (Å²) in [6.45, 7) is 0. The van der Waals surface area contributed by atoms with Crippen LogP contribution in [-0.4, -0.2) is 22.3 Å². The van der Waals surface area contributed by atoms with Gasteiger partial charge in [-0.15, -0.1) is 0 Å². The van der Waals surface area contributed by atoms with E-state index in [4.69, 9.17) is 15.9 Å². The minimum absolute atomic E-state index is 0.250. The first kappa shape index (κ1) is 10.6. The van der Waals surface area contributed by atoms with Crippen molar-refractivity contribution in [1.29, 1.82) is 0 Å². The summed E-state index contributed by atoms with van der Waals surface area (Å²) in [4.78, 5) is 10.4. The number of carbonyl (C=O) groups is 1. The number of carboxylic acid groups (broad SMARTS) is 1. The lowest BCUT2D eigenvalue weighted by atomic mass is 10.0. The van der Waals surface area contributed by atoms with Gasteiger partial charge < -0.3 is 15.9 Å². The molecule has 0 unspecified atom stereocenters. The van der Waals surface area contributed by atoms with Crippen molar-refractivity contribution in [2.45, 2.75) is 12.1 Å². The molecule has 0 aliphatic rings. The molecule has 4 N–H and O–H groups in total. The zero-order chi connectivity index (χ0) is 10.7. The van der Waals surface area contributed by atoms with Crippen LogP contribution in [0.5, 0.6) is 0 Å². The molecule has 0 saturated heterocycles. The van der Waals surface area contributed by atoms with Gasteiger partial charge in [-0.2, -0.15) is 0 Å². The van der Waals surface area contributed by atoms with E-state index in [1.165, 1.54) is 18.2 Å². The van der Waals surface area contributed by atoms with Gasteiger partial charge in [0.05, 0.1) is 6.04 Å². The summed E-state index contributed by atoms with van der Waals surface area (Å²) in [5.74, 6) is -1.95. The number of hydrogen-bond acceptors (Lipinski definition) is 3. The van der Waals surface area contributed by atoms with E-state index in [1.54, 1.807) is 0 Å². The Balaban J connectivity index is 2.89. The fraction of sp³-hybridized carbons (Fsp3) is 0.222. The van der Waals surface area contributed by atoms with Crippen LogP contribution in [0.15, 0.2) is 24.3 Å². The second-order valence-corrected chi connectivity index (χ2v) is 2.86. The topological polar surface area (TPSA) is 83.5 Å². The molecule has 0 aliphatic heterocycles. The quantitative estimate of drug-likeness (QED) is 0.652. The summed E-state index contributed by atoms with van der Waals surface area (Å²) in [6, 6.07) is 4.04. The summed E-state index contributed by atoms with van der Waals surface area (Å²) in [5.41, 5.74) is 5.66. The van der Waals surface area contributed by atoms with E-state index in [9.17, 15) is 9.18 Å². The summed E-state index contributed by atoms with van der Waals surface area (Å²) in [5, 5.41) is 17.6. The van der Waals surface area contributed by atoms with Gasteiger partial charge in [0.15, 0.2) is 6.10 Å². The molecule has 5 heteroatoms. The average molecular weight is 199 g/mol. The molecule has 0 saturated carbocycles. The van der Waals surface area contributed by atoms with Crippen molar-refractivity contribution in [1.82, 2.24) is 0 Å². The summed E-state index contributed by atoms with van der Waals surface area (Å²) in [6.07, 6.45) is -1.73. The van der Waals surface area contributed by atoms with E-state index in [0.717, 1.165) is 6.07 Å². The Bertz CT molecular complexity index is 343. The Kier molecular flexibility index (Phi) is 3.16. The number of benzene rings is 1. The largest absolute Gasteiger partial charge is 0.479 e. The molecule has 0 radical (unpaired) electrons. The highest BCUT2D eigenvalue weighted by atomic mass is 19.1. The molecule has 1 aromatic rings. The molecule has 0 aliphatic carbocycles. The molecule has 2 atom stereocenters. The molecule has 0 amide bonds. The minimum atomic E-state index is -1.73. The summed E-state index contributed by atoms with van der Waals surface area (Å²) in [7, 11) is 0. The highest BCUT2D eigenvalue weighted by Crippen LogP contribution is 2.15. The molecule has 4 nitrogen and oxygen atoms in total. The van der Waals surface area contributed by atoms with E-state index in [2.05, 4.69) is 0 Å². The van der Waals surface area contributed by atoms with Crippen molar-refractivity contribution in [2.24, 2.45) is 5.73 Å². The maximum absolute atomic E-state index is 12.7. The first-order chi connectivity index (χ1) is 6.52. The third kappa shape index (κ3) is 2.27. The number of rotatable bonds is 3. The maximum Gasteiger partial charge on any atom is 0.334 e. The average Bonchev–Trinajstić information content (AvgIpc) is 2.15. The van der Waals surface area contributed by atoms with E-state index >= 15 is 0 Å². The predicted octanol–water partition coefficient (Wildman–Crippen LogP) is 0.271. The van der Waals surface area contributed by atoms with Crippen LogP contribution in [0.25, 0.3) is 0 Å². The monoisotopic (exact) mass is 199 g/mol. The normalized spacial score (nSPS) is 14.8. The molecular formula is C9H10FNO3. The van der Waals surface area contributed by atoms with E-state index in [0.29, 0.717) is 0 Å². The lowest BCUT2D eigenvalue weighted by Crippen LogP contribution is -2.33. The van der Waals surface area contributed by atoms with Crippen LogP contribution in [-0.2, 0) is 4.79 Å². The Morgan fingerprint density at radius 2 is 2.14 bits per heavy atom. The fourth-order valence-electron chi connectivity index (χ4n) is 1.05. The molecule has 0 fully saturated rings. The van der Waals surface area contributed by atoms with Crippen LogP contribution in [0.3, 0.4) is 0 Å². The molecule has 76 valence electrons. The second-order valence-electron chi connectivity index (χ2n) is 2.86. The fourth-order valence-corrected chi connectivity index (χ4v) is 1.05. The van der Waals surface area contributed by atoms with Gasteiger partial charge >= 0.3 is 5.97 Å². The Morgan fingerprint density at radius 3 is 2.64 bits per heavy atom. The van der Waals surface area contributed by atoms with Crippen molar-refractivity contribution >= 4 is 5.97 Å². The van der Waals surface area contributed by atoms with E-state index in [-0.39, 0.29) is 5.56 Å². The van der Waals surface area contributed by atoms with E-state index < -0.39 is 23.9 Å². The molecule has 0 aromatic heterocycles. The minimum Gasteiger partial charge on any atom is -0.479 e. The van der Waals surface area contributed by atoms with Gasteiger partial charge in [-0.25, -0.2) is 9.18 Å². The number of aliphatic carboxylic acids is 1. The number of nitrogens with two attached hydrogens (primary N) is 1. The number of halogens is 1. The van der Waals surface area contributed by atoms with Crippen LogP contribution in [0.1, 0.15) is 11.6 Å². The first-order valence-electron chi connectivity index (χ1n) is 3.94. The van der Waals surface area contributed by atoms with Crippen molar-refractivity contribution in [2.75, 3.05) is 0 Å². The van der Waals surface area contributed by atoms with Gasteiger partial charge in [-0.3, -0.25) is 0 Å². The van der Waals surface area contributed by atoms with Gasteiger partial charge in [0.2, 0.25) is 0 Å². The van der Waals surface area contributed by atoms with Gasteiger partial charge in [0.25, 0.3) is 0 Å². The molecule has 1 aromatic carbocycles. The standard InChI is InChI=1S/C9H10FNO3/c10-6-3-1-2-5(4-6)7(11)8(12)9(13)14/h1-4,7-8,12H,11H2,(H,13,14)/t7-,8-/m0/s1. The number of carboxylic acids is 1. The number of aliphatic hydroxyl groups excluding tert-OH is 1. The SMILES string of the molecule is N[C@@H](c1cccc(F)c1)[C@H](O)C(=O)O. The lowest BCUT2D eigenvalue weighted by molar-refractivity contribution is -0.147. The highest BCUT2D eigenvalue weighted by molar-refractivity contribution is 5.73. The number of aliphatic hydroxyl groups is 1. The van der Waals surface area contributed by atoms with Gasteiger partial charge in [-0.05, 0) is 17.7 Å². The molecule has 14 heavy (non-hydrogen) atoms. The van der Waals surface area contributed by atoms with E-state index in [1.807, 2.05) is 0 Å². The Labute approximate surface area is 79.8 Å². The van der Waals surface area contributed by atoms with Gasteiger partial charge in [-0.1, -0.05) is 12.1 Å². The van der Waals surface area contributed by atoms with Crippen molar-refractivity contribution < 1.29 is 19.4 Å². The Morgan fingerprint density at radius 1 is 1.50 bits per heavy atom. The van der Waals surface area contributed by atoms with Crippen molar-refractivity contribution in [3.05, 3.63) is 35.6 Å². The van der Waals surface area contributed by atoms with Crippen molar-refractivity contribution in [3.8, 4) is 0 Å². The smallest absolute Gasteiger partial charge is 0.334 e. The molecular weight excluding hydrogens is 189 g/mol. The van der Waals surface area contributed by atoms with Gasteiger partial charge in [0, 0.05) is 0 Å². The molecule has 0 bridgehead atoms. The van der Waals surface area contributed by atoms with Crippen LogP contribution in [0, 0.1) is 5.82 Å². The highest BCUT2D eigenvalue weighted by Gasteiger charge is 2.23. The molecule has 1 rings (SSSR count). The molecule has 0 spiro atoms. The summed E-state index contributed by atoms with van der Waals surface area (Å²) < 4.78 is 12.7. The molecule has 0 heterocycles. The van der Waals surface area contributed by atoms with Gasteiger partial charge in [0.1, 0.15) is 5.82 Å². The second kappa shape index (κ2) is 4.17. The zero-order valence-electron chi connectivity index (χ0n) is 7.22. The predicted molar refractivity (Wildman–Crippen MR) is 47.0 cm³/mol. The zero-order valence-corrected chi connectivity index (χ0v) is 7.22. The van der Waals surface area contributed by atoms with Crippen LogP contribution in [0.4, 0.5) is 4.39 Å². The third-order valence-electron chi connectivity index (χ3n) is 1.83. The maximum atomic E-state index is 12.7. The summed E-state index contributed by atoms with van der Waals surface area (Å²) >= 11 is 0. The van der Waals surface area contributed by atoms with Crippen LogP contribution in [0.2, 0.25) is 0 Å². The van der Waals surface area contributed by atoms with Crippen LogP contribution >= 0.6 is 0 Å². The van der Waals surface area contributed by atoms with Crippen LogP contribution < -0.4 is 5.73 Å². The first-order valence-corrected chi connectivity index (χ1v) is 3.94. The van der Waals surface area contributed by atoms with Crippen molar-refractivity contribution in [3.63, 3.8) is 0 Å². The third-order valence-corrected chi connectivity index (χ3v) is 1.83. The Hall–Kier alpha value is -1.46. The lowest BCUT2D eigenvalue weighted by Gasteiger charge is -2.14. The number of hydrogen-bond donors (Lipinski definition) is 3.